The summed E-state index contributed by atoms with van der Waals surface area (Å²) in [6.07, 6.45) is 6.63. The molecule has 0 fully saturated rings. The molecule has 0 saturated carbocycles. The SMILES string of the molecule is Fc1ccccc1NCCn1cnc2c1CCCC2. The first-order valence-electron chi connectivity index (χ1n) is 6.86. The van der Waals surface area contributed by atoms with Crippen LogP contribution in [0.15, 0.2) is 30.6 Å². The maximum atomic E-state index is 13.4. The smallest absolute Gasteiger partial charge is 0.146 e. The molecule has 2 aromatic rings. The van der Waals surface area contributed by atoms with Crippen LogP contribution >= 0.6 is 0 Å². The number of aryl methyl sites for hydroxylation is 1. The van der Waals surface area contributed by atoms with Gasteiger partial charge in [-0.1, -0.05) is 12.1 Å². The van der Waals surface area contributed by atoms with E-state index in [1.165, 1.54) is 30.3 Å². The summed E-state index contributed by atoms with van der Waals surface area (Å²) >= 11 is 0. The molecule has 1 heterocycles. The van der Waals surface area contributed by atoms with Crippen molar-refractivity contribution in [3.8, 4) is 0 Å². The van der Waals surface area contributed by atoms with Crippen molar-refractivity contribution in [2.75, 3.05) is 11.9 Å². The summed E-state index contributed by atoms with van der Waals surface area (Å²) in [4.78, 5) is 4.46. The third-order valence-corrected chi connectivity index (χ3v) is 3.65. The molecule has 0 spiro atoms. The predicted octanol–water partition coefficient (Wildman–Crippen LogP) is 3.01. The number of hydrogen-bond donors (Lipinski definition) is 1. The van der Waals surface area contributed by atoms with Crippen LogP contribution in [-0.2, 0) is 19.4 Å². The molecule has 0 radical (unpaired) electrons. The van der Waals surface area contributed by atoms with E-state index in [9.17, 15) is 4.39 Å². The number of benzene rings is 1. The second-order valence-corrected chi connectivity index (χ2v) is 4.95. The van der Waals surface area contributed by atoms with Crippen molar-refractivity contribution in [1.29, 1.82) is 0 Å². The van der Waals surface area contributed by atoms with Crippen molar-refractivity contribution in [3.05, 3.63) is 47.8 Å². The number of anilines is 1. The Morgan fingerprint density at radius 3 is 2.95 bits per heavy atom. The highest BCUT2D eigenvalue weighted by atomic mass is 19.1. The van der Waals surface area contributed by atoms with Crippen LogP contribution in [0.5, 0.6) is 0 Å². The largest absolute Gasteiger partial charge is 0.381 e. The minimum Gasteiger partial charge on any atom is -0.381 e. The molecule has 1 aromatic carbocycles. The Kier molecular flexibility index (Phi) is 3.49. The van der Waals surface area contributed by atoms with Crippen LogP contribution in [0.1, 0.15) is 24.2 Å². The van der Waals surface area contributed by atoms with Crippen molar-refractivity contribution in [1.82, 2.24) is 9.55 Å². The first-order chi connectivity index (χ1) is 9.34. The van der Waals surface area contributed by atoms with Crippen LogP contribution < -0.4 is 5.32 Å². The molecule has 100 valence electrons. The lowest BCUT2D eigenvalue weighted by Crippen LogP contribution is -2.14. The zero-order valence-corrected chi connectivity index (χ0v) is 10.9. The Hall–Kier alpha value is -1.84. The molecular weight excluding hydrogens is 241 g/mol. The molecule has 0 unspecified atom stereocenters. The predicted molar refractivity (Wildman–Crippen MR) is 73.8 cm³/mol. The number of hydrogen-bond acceptors (Lipinski definition) is 2. The highest BCUT2D eigenvalue weighted by molar-refractivity contribution is 5.44. The highest BCUT2D eigenvalue weighted by Gasteiger charge is 2.14. The van der Waals surface area contributed by atoms with Crippen LogP contribution in [0.4, 0.5) is 10.1 Å². The molecule has 3 nitrogen and oxygen atoms in total. The molecule has 1 aliphatic carbocycles. The standard InChI is InChI=1S/C15H18FN3/c16-12-5-1-2-6-13(12)17-9-10-19-11-18-14-7-3-4-8-15(14)19/h1-2,5-6,11,17H,3-4,7-10H2. The van der Waals surface area contributed by atoms with E-state index in [1.54, 1.807) is 12.1 Å². The first-order valence-corrected chi connectivity index (χ1v) is 6.86. The van der Waals surface area contributed by atoms with Gasteiger partial charge in [0.2, 0.25) is 0 Å². The number of fused-ring (bicyclic) bond motifs is 1. The number of aromatic nitrogens is 2. The number of nitrogens with zero attached hydrogens (tertiary/aromatic N) is 2. The quantitative estimate of drug-likeness (QED) is 0.914. The summed E-state index contributed by atoms with van der Waals surface area (Å²) in [5, 5.41) is 3.13. The number of nitrogens with one attached hydrogen (secondary N) is 1. The molecule has 3 rings (SSSR count). The normalized spacial score (nSPS) is 14.2. The molecule has 0 amide bonds. The summed E-state index contributed by atoms with van der Waals surface area (Å²) < 4.78 is 15.6. The molecule has 1 aromatic heterocycles. The van der Waals surface area contributed by atoms with Crippen LogP contribution in [0, 0.1) is 5.82 Å². The minimum absolute atomic E-state index is 0.199. The van der Waals surface area contributed by atoms with E-state index in [0.29, 0.717) is 12.2 Å². The molecule has 0 atom stereocenters. The third kappa shape index (κ3) is 2.62. The van der Waals surface area contributed by atoms with Gasteiger partial charge in [0.1, 0.15) is 5.82 Å². The van der Waals surface area contributed by atoms with Gasteiger partial charge in [0, 0.05) is 18.8 Å². The van der Waals surface area contributed by atoms with Gasteiger partial charge < -0.3 is 9.88 Å². The summed E-state index contributed by atoms with van der Waals surface area (Å²) in [7, 11) is 0. The van der Waals surface area contributed by atoms with Crippen LogP contribution in [0.2, 0.25) is 0 Å². The third-order valence-electron chi connectivity index (χ3n) is 3.65. The lowest BCUT2D eigenvalue weighted by Gasteiger charge is -2.14. The van der Waals surface area contributed by atoms with E-state index in [-0.39, 0.29) is 5.82 Å². The fourth-order valence-corrected chi connectivity index (χ4v) is 2.64. The second-order valence-electron chi connectivity index (χ2n) is 4.95. The van der Waals surface area contributed by atoms with Gasteiger partial charge in [-0.05, 0) is 37.8 Å². The van der Waals surface area contributed by atoms with Gasteiger partial charge >= 0.3 is 0 Å². The molecule has 1 aliphatic rings. The molecule has 0 bridgehead atoms. The van der Waals surface area contributed by atoms with E-state index in [1.807, 2.05) is 12.4 Å². The first kappa shape index (κ1) is 12.2. The lowest BCUT2D eigenvalue weighted by molar-refractivity contribution is 0.608. The Morgan fingerprint density at radius 2 is 2.05 bits per heavy atom. The summed E-state index contributed by atoms with van der Waals surface area (Å²) in [6, 6.07) is 6.78. The minimum atomic E-state index is -0.199. The van der Waals surface area contributed by atoms with E-state index >= 15 is 0 Å². The maximum absolute atomic E-state index is 13.4. The summed E-state index contributed by atoms with van der Waals surface area (Å²) in [5.74, 6) is -0.199. The van der Waals surface area contributed by atoms with Crippen LogP contribution in [0.25, 0.3) is 0 Å². The van der Waals surface area contributed by atoms with Crippen molar-refractivity contribution < 1.29 is 4.39 Å². The Balaban J connectivity index is 1.61. The van der Waals surface area contributed by atoms with Gasteiger partial charge in [-0.25, -0.2) is 9.37 Å². The van der Waals surface area contributed by atoms with E-state index in [0.717, 1.165) is 19.4 Å². The zero-order valence-electron chi connectivity index (χ0n) is 10.9. The second kappa shape index (κ2) is 5.43. The van der Waals surface area contributed by atoms with Gasteiger partial charge in [-0.2, -0.15) is 0 Å². The van der Waals surface area contributed by atoms with E-state index < -0.39 is 0 Å². The van der Waals surface area contributed by atoms with Gasteiger partial charge in [0.05, 0.1) is 17.7 Å². The topological polar surface area (TPSA) is 29.9 Å². The Morgan fingerprint density at radius 1 is 1.21 bits per heavy atom. The van der Waals surface area contributed by atoms with Crippen LogP contribution in [-0.4, -0.2) is 16.1 Å². The van der Waals surface area contributed by atoms with Crippen molar-refractivity contribution in [2.45, 2.75) is 32.2 Å². The summed E-state index contributed by atoms with van der Waals surface area (Å²) in [5.41, 5.74) is 3.18. The monoisotopic (exact) mass is 259 g/mol. The summed E-state index contributed by atoms with van der Waals surface area (Å²) in [6.45, 7) is 1.54. The zero-order chi connectivity index (χ0) is 13.1. The average Bonchev–Trinajstić information content (AvgIpc) is 2.85. The van der Waals surface area contributed by atoms with Gasteiger partial charge in [-0.15, -0.1) is 0 Å². The molecule has 4 heteroatoms. The van der Waals surface area contributed by atoms with E-state index in [2.05, 4.69) is 14.9 Å². The molecule has 19 heavy (non-hydrogen) atoms. The highest BCUT2D eigenvalue weighted by Crippen LogP contribution is 2.19. The fourth-order valence-electron chi connectivity index (χ4n) is 2.64. The van der Waals surface area contributed by atoms with Gasteiger partial charge in [0.15, 0.2) is 0 Å². The maximum Gasteiger partial charge on any atom is 0.146 e. The Labute approximate surface area is 112 Å². The van der Waals surface area contributed by atoms with Crippen LogP contribution in [0.3, 0.4) is 0 Å². The number of para-hydroxylation sites is 1. The molecule has 0 saturated heterocycles. The van der Waals surface area contributed by atoms with Gasteiger partial charge in [-0.3, -0.25) is 0 Å². The molecule has 0 aliphatic heterocycles. The molecule has 1 N–H and O–H groups in total. The fraction of sp³-hybridized carbons (Fsp3) is 0.400. The average molecular weight is 259 g/mol. The van der Waals surface area contributed by atoms with Crippen molar-refractivity contribution in [3.63, 3.8) is 0 Å². The number of imidazole rings is 1. The number of halogens is 1. The van der Waals surface area contributed by atoms with Crippen molar-refractivity contribution in [2.24, 2.45) is 0 Å². The molecular formula is C15H18FN3. The van der Waals surface area contributed by atoms with E-state index in [4.69, 9.17) is 0 Å². The van der Waals surface area contributed by atoms with Crippen molar-refractivity contribution >= 4 is 5.69 Å². The number of rotatable bonds is 4. The lowest BCUT2D eigenvalue weighted by atomic mass is 10.0. The Bertz CT molecular complexity index is 562. The van der Waals surface area contributed by atoms with Gasteiger partial charge in [0.25, 0.3) is 0 Å².